The van der Waals surface area contributed by atoms with Crippen LogP contribution in [0.25, 0.3) is 0 Å². The molecule has 1 heterocycles. The fraction of sp³-hybridized carbons (Fsp3) is 0.727. The second-order valence-corrected chi connectivity index (χ2v) is 3.95. The van der Waals surface area contributed by atoms with Crippen molar-refractivity contribution in [1.82, 2.24) is 9.78 Å². The minimum Gasteiger partial charge on any atom is -0.390 e. The molecule has 0 aliphatic carbocycles. The molecule has 0 amide bonds. The molecule has 1 aromatic heterocycles. The van der Waals surface area contributed by atoms with Crippen LogP contribution in [0.4, 0.5) is 0 Å². The first-order chi connectivity index (χ1) is 6.59. The zero-order valence-corrected chi connectivity index (χ0v) is 9.32. The van der Waals surface area contributed by atoms with Crippen LogP contribution >= 0.6 is 0 Å². The molecule has 0 fully saturated rings. The van der Waals surface area contributed by atoms with E-state index in [0.29, 0.717) is 0 Å². The molecule has 0 atom stereocenters. The molecule has 3 heteroatoms. The first kappa shape index (κ1) is 11.2. The summed E-state index contributed by atoms with van der Waals surface area (Å²) in [5.74, 6) is 0. The molecule has 0 aromatic carbocycles. The van der Waals surface area contributed by atoms with E-state index in [2.05, 4.69) is 5.10 Å². The van der Waals surface area contributed by atoms with Crippen LogP contribution in [0.1, 0.15) is 38.7 Å². The number of hydrogen-bond acceptors (Lipinski definition) is 2. The van der Waals surface area contributed by atoms with Crippen molar-refractivity contribution in [2.45, 2.75) is 45.1 Å². The lowest BCUT2D eigenvalue weighted by Crippen LogP contribution is -2.27. The van der Waals surface area contributed by atoms with Gasteiger partial charge in [-0.25, -0.2) is 0 Å². The van der Waals surface area contributed by atoms with E-state index in [0.717, 1.165) is 25.7 Å². The van der Waals surface area contributed by atoms with Gasteiger partial charge in [0, 0.05) is 13.2 Å². The fourth-order valence-corrected chi connectivity index (χ4v) is 1.58. The number of aliphatic hydroxyl groups is 1. The Labute approximate surface area is 85.8 Å². The molecule has 0 unspecified atom stereocenters. The second-order valence-electron chi connectivity index (χ2n) is 3.95. The molecule has 1 rings (SSSR count). The zero-order valence-electron chi connectivity index (χ0n) is 9.32. The molecule has 3 nitrogen and oxygen atoms in total. The van der Waals surface area contributed by atoms with Crippen LogP contribution in [0, 0.1) is 0 Å². The van der Waals surface area contributed by atoms with E-state index in [4.69, 9.17) is 0 Å². The Kier molecular flexibility index (Phi) is 3.69. The van der Waals surface area contributed by atoms with Gasteiger partial charge in [-0.1, -0.05) is 13.8 Å². The zero-order chi connectivity index (χ0) is 10.6. The average Bonchev–Trinajstić information content (AvgIpc) is 2.61. The summed E-state index contributed by atoms with van der Waals surface area (Å²) in [7, 11) is 1.91. The third kappa shape index (κ3) is 2.84. The van der Waals surface area contributed by atoms with Crippen LogP contribution in [0.5, 0.6) is 0 Å². The van der Waals surface area contributed by atoms with E-state index in [9.17, 15) is 5.11 Å². The van der Waals surface area contributed by atoms with Crippen LogP contribution in [0.2, 0.25) is 0 Å². The van der Waals surface area contributed by atoms with Gasteiger partial charge in [0.2, 0.25) is 0 Å². The summed E-state index contributed by atoms with van der Waals surface area (Å²) >= 11 is 0. The molecule has 0 radical (unpaired) electrons. The molecule has 0 bridgehead atoms. The van der Waals surface area contributed by atoms with Gasteiger partial charge >= 0.3 is 0 Å². The molecule has 1 aromatic rings. The van der Waals surface area contributed by atoms with Gasteiger partial charge in [0.15, 0.2) is 0 Å². The first-order valence-electron chi connectivity index (χ1n) is 5.29. The highest BCUT2D eigenvalue weighted by atomic mass is 16.3. The minimum absolute atomic E-state index is 0.490. The van der Waals surface area contributed by atoms with Crippen molar-refractivity contribution in [3.63, 3.8) is 0 Å². The van der Waals surface area contributed by atoms with Crippen molar-refractivity contribution >= 4 is 0 Å². The van der Waals surface area contributed by atoms with E-state index in [1.807, 2.05) is 33.3 Å². The highest BCUT2D eigenvalue weighted by molar-refractivity contribution is 5.04. The van der Waals surface area contributed by atoms with Gasteiger partial charge in [-0.3, -0.25) is 4.68 Å². The maximum absolute atomic E-state index is 10.1. The monoisotopic (exact) mass is 196 g/mol. The van der Waals surface area contributed by atoms with Crippen molar-refractivity contribution in [1.29, 1.82) is 0 Å². The first-order valence-corrected chi connectivity index (χ1v) is 5.29. The van der Waals surface area contributed by atoms with Crippen LogP contribution in [0.3, 0.4) is 0 Å². The summed E-state index contributed by atoms with van der Waals surface area (Å²) in [4.78, 5) is 0. The van der Waals surface area contributed by atoms with Crippen molar-refractivity contribution in [3.8, 4) is 0 Å². The van der Waals surface area contributed by atoms with E-state index in [-0.39, 0.29) is 0 Å². The Hall–Kier alpha value is -0.830. The summed E-state index contributed by atoms with van der Waals surface area (Å²) in [6.45, 7) is 4.07. The van der Waals surface area contributed by atoms with Gasteiger partial charge in [0.25, 0.3) is 0 Å². The maximum atomic E-state index is 10.1. The Morgan fingerprint density at radius 3 is 2.50 bits per heavy atom. The Bertz CT molecular complexity index is 277. The lowest BCUT2D eigenvalue weighted by Gasteiger charge is -2.24. The van der Waals surface area contributed by atoms with E-state index >= 15 is 0 Å². The van der Waals surface area contributed by atoms with Gasteiger partial charge in [-0.2, -0.15) is 5.10 Å². The van der Waals surface area contributed by atoms with E-state index in [1.165, 1.54) is 5.56 Å². The predicted octanol–water partition coefficient (Wildman–Crippen LogP) is 1.90. The number of aromatic nitrogens is 2. The fourth-order valence-electron chi connectivity index (χ4n) is 1.58. The molecule has 0 saturated carbocycles. The van der Waals surface area contributed by atoms with Crippen molar-refractivity contribution in [2.24, 2.45) is 7.05 Å². The van der Waals surface area contributed by atoms with E-state index < -0.39 is 5.60 Å². The van der Waals surface area contributed by atoms with Gasteiger partial charge in [-0.15, -0.1) is 0 Å². The number of aryl methyl sites for hydroxylation is 2. The third-order valence-electron chi connectivity index (χ3n) is 2.95. The molecule has 80 valence electrons. The smallest absolute Gasteiger partial charge is 0.0645 e. The maximum Gasteiger partial charge on any atom is 0.0645 e. The highest BCUT2D eigenvalue weighted by Crippen LogP contribution is 2.21. The lowest BCUT2D eigenvalue weighted by atomic mass is 9.91. The SMILES string of the molecule is CCC(O)(CC)CCc1cnn(C)c1. The quantitative estimate of drug-likeness (QED) is 0.781. The normalized spacial score (nSPS) is 12.0. The van der Waals surface area contributed by atoms with Crippen molar-refractivity contribution in [3.05, 3.63) is 18.0 Å². The molecule has 14 heavy (non-hydrogen) atoms. The highest BCUT2D eigenvalue weighted by Gasteiger charge is 2.21. The molecule has 0 spiro atoms. The molecule has 0 aliphatic rings. The largest absolute Gasteiger partial charge is 0.390 e. The van der Waals surface area contributed by atoms with Crippen LogP contribution in [0.15, 0.2) is 12.4 Å². The Morgan fingerprint density at radius 2 is 2.07 bits per heavy atom. The van der Waals surface area contributed by atoms with Crippen LogP contribution in [-0.4, -0.2) is 20.5 Å². The Balaban J connectivity index is 2.47. The molecular formula is C11H20N2O. The Morgan fingerprint density at radius 1 is 1.43 bits per heavy atom. The average molecular weight is 196 g/mol. The minimum atomic E-state index is -0.490. The third-order valence-corrected chi connectivity index (χ3v) is 2.95. The van der Waals surface area contributed by atoms with Gasteiger partial charge in [0.05, 0.1) is 11.8 Å². The second kappa shape index (κ2) is 4.60. The molecule has 0 aliphatic heterocycles. The van der Waals surface area contributed by atoms with Crippen molar-refractivity contribution in [2.75, 3.05) is 0 Å². The van der Waals surface area contributed by atoms with Crippen LogP contribution < -0.4 is 0 Å². The number of nitrogens with zero attached hydrogens (tertiary/aromatic N) is 2. The summed E-state index contributed by atoms with van der Waals surface area (Å²) in [6, 6.07) is 0. The number of hydrogen-bond donors (Lipinski definition) is 1. The molecule has 1 N–H and O–H groups in total. The number of rotatable bonds is 5. The summed E-state index contributed by atoms with van der Waals surface area (Å²) in [6.07, 6.45) is 7.25. The van der Waals surface area contributed by atoms with Crippen LogP contribution in [-0.2, 0) is 13.5 Å². The predicted molar refractivity (Wildman–Crippen MR) is 57.1 cm³/mol. The van der Waals surface area contributed by atoms with Gasteiger partial charge < -0.3 is 5.11 Å². The molecular weight excluding hydrogens is 176 g/mol. The summed E-state index contributed by atoms with van der Waals surface area (Å²) in [5, 5.41) is 14.2. The van der Waals surface area contributed by atoms with Gasteiger partial charge in [-0.05, 0) is 31.2 Å². The van der Waals surface area contributed by atoms with E-state index in [1.54, 1.807) is 4.68 Å². The summed E-state index contributed by atoms with van der Waals surface area (Å²) in [5.41, 5.74) is 0.711. The lowest BCUT2D eigenvalue weighted by molar-refractivity contribution is 0.0239. The van der Waals surface area contributed by atoms with Crippen molar-refractivity contribution < 1.29 is 5.11 Å². The standard InChI is InChI=1S/C11H20N2O/c1-4-11(14,5-2)7-6-10-8-12-13(3)9-10/h8-9,14H,4-7H2,1-3H3. The molecule has 0 saturated heterocycles. The summed E-state index contributed by atoms with van der Waals surface area (Å²) < 4.78 is 1.80. The van der Waals surface area contributed by atoms with Gasteiger partial charge in [0.1, 0.15) is 0 Å². The topological polar surface area (TPSA) is 38.1 Å².